The summed E-state index contributed by atoms with van der Waals surface area (Å²) in [5.74, 6) is 0.00625. The number of carbonyl (C=O) groups excluding carboxylic acids is 1. The monoisotopic (exact) mass is 429 g/mol. The first-order valence-electron chi connectivity index (χ1n) is 10.0. The van der Waals surface area contributed by atoms with Crippen molar-refractivity contribution in [1.82, 2.24) is 9.55 Å². The van der Waals surface area contributed by atoms with E-state index in [1.807, 2.05) is 81.4 Å². The van der Waals surface area contributed by atoms with E-state index in [-0.39, 0.29) is 17.2 Å². The summed E-state index contributed by atoms with van der Waals surface area (Å²) < 4.78 is 1.57. The predicted molar refractivity (Wildman–Crippen MR) is 127 cm³/mol. The number of benzene rings is 3. The largest absolute Gasteiger partial charge is 0.325 e. The van der Waals surface area contributed by atoms with E-state index in [0.717, 1.165) is 28.1 Å². The van der Waals surface area contributed by atoms with E-state index in [2.05, 4.69) is 10.3 Å². The summed E-state index contributed by atoms with van der Waals surface area (Å²) in [7, 11) is 0. The van der Waals surface area contributed by atoms with Gasteiger partial charge in [-0.25, -0.2) is 4.98 Å². The summed E-state index contributed by atoms with van der Waals surface area (Å²) in [6, 6.07) is 20.7. The highest BCUT2D eigenvalue weighted by molar-refractivity contribution is 7.99. The number of anilines is 1. The van der Waals surface area contributed by atoms with Crippen LogP contribution in [0.15, 0.2) is 76.7 Å². The predicted octanol–water partition coefficient (Wildman–Crippen LogP) is 5.04. The zero-order chi connectivity index (χ0) is 22.0. The van der Waals surface area contributed by atoms with Crippen LogP contribution in [0, 0.1) is 20.8 Å². The second-order valence-electron chi connectivity index (χ2n) is 7.50. The van der Waals surface area contributed by atoms with Crippen molar-refractivity contribution >= 4 is 34.3 Å². The lowest BCUT2D eigenvalue weighted by Crippen LogP contribution is -2.23. The number of hydrogen-bond acceptors (Lipinski definition) is 4. The first-order chi connectivity index (χ1) is 14.9. The van der Waals surface area contributed by atoms with Gasteiger partial charge in [0.25, 0.3) is 5.56 Å². The highest BCUT2D eigenvalue weighted by atomic mass is 32.2. The maximum atomic E-state index is 13.2. The van der Waals surface area contributed by atoms with Crippen LogP contribution < -0.4 is 10.9 Å². The Kier molecular flexibility index (Phi) is 5.91. The topological polar surface area (TPSA) is 64.0 Å². The second-order valence-corrected chi connectivity index (χ2v) is 8.44. The Morgan fingerprint density at radius 2 is 1.61 bits per heavy atom. The Bertz CT molecular complexity index is 1310. The first kappa shape index (κ1) is 20.9. The van der Waals surface area contributed by atoms with Crippen LogP contribution in [0.4, 0.5) is 5.69 Å². The van der Waals surface area contributed by atoms with E-state index in [4.69, 9.17) is 0 Å². The van der Waals surface area contributed by atoms with Crippen molar-refractivity contribution in [1.29, 1.82) is 0 Å². The number of nitrogens with one attached hydrogen (secondary N) is 1. The SMILES string of the molecule is Cc1cc(C)c(NC(=O)CSc2nc3ccccc3c(=O)n2-c2ccccc2)c(C)c1. The van der Waals surface area contributed by atoms with Crippen LogP contribution in [0.1, 0.15) is 16.7 Å². The molecule has 0 aliphatic rings. The lowest BCUT2D eigenvalue weighted by atomic mass is 10.1. The molecule has 0 saturated carbocycles. The van der Waals surface area contributed by atoms with E-state index in [1.165, 1.54) is 11.8 Å². The van der Waals surface area contributed by atoms with Crippen molar-refractivity contribution < 1.29 is 4.79 Å². The zero-order valence-electron chi connectivity index (χ0n) is 17.7. The van der Waals surface area contributed by atoms with Gasteiger partial charge in [0.1, 0.15) is 0 Å². The second kappa shape index (κ2) is 8.78. The molecule has 0 aliphatic heterocycles. The molecular formula is C25H23N3O2S. The minimum Gasteiger partial charge on any atom is -0.325 e. The molecule has 0 aliphatic carbocycles. The van der Waals surface area contributed by atoms with E-state index in [1.54, 1.807) is 10.6 Å². The van der Waals surface area contributed by atoms with Crippen LogP contribution in [-0.2, 0) is 4.79 Å². The number of amides is 1. The number of thioether (sulfide) groups is 1. The Balaban J connectivity index is 1.65. The van der Waals surface area contributed by atoms with Gasteiger partial charge in [0.05, 0.1) is 22.3 Å². The molecule has 0 fully saturated rings. The molecule has 4 rings (SSSR count). The number of rotatable bonds is 5. The number of para-hydroxylation sites is 2. The van der Waals surface area contributed by atoms with Gasteiger partial charge in [0.15, 0.2) is 5.16 Å². The number of hydrogen-bond donors (Lipinski definition) is 1. The van der Waals surface area contributed by atoms with Crippen molar-refractivity contribution in [3.05, 3.63) is 93.8 Å². The Morgan fingerprint density at radius 3 is 2.32 bits per heavy atom. The third kappa shape index (κ3) is 4.39. The quantitative estimate of drug-likeness (QED) is 0.356. The van der Waals surface area contributed by atoms with Gasteiger partial charge in [-0.3, -0.25) is 14.2 Å². The summed E-state index contributed by atoms with van der Waals surface area (Å²) in [5, 5.41) is 4.05. The molecule has 156 valence electrons. The third-order valence-corrected chi connectivity index (χ3v) is 5.97. The van der Waals surface area contributed by atoms with Crippen LogP contribution in [0.25, 0.3) is 16.6 Å². The maximum absolute atomic E-state index is 13.2. The molecule has 4 aromatic rings. The van der Waals surface area contributed by atoms with Gasteiger partial charge in [0.2, 0.25) is 5.91 Å². The minimum atomic E-state index is -0.148. The lowest BCUT2D eigenvalue weighted by Gasteiger charge is -2.14. The molecule has 5 nitrogen and oxygen atoms in total. The summed E-state index contributed by atoms with van der Waals surface area (Å²) >= 11 is 1.25. The number of carbonyl (C=O) groups is 1. The van der Waals surface area contributed by atoms with Crippen molar-refractivity contribution in [2.45, 2.75) is 25.9 Å². The molecule has 3 aromatic carbocycles. The zero-order valence-corrected chi connectivity index (χ0v) is 18.5. The van der Waals surface area contributed by atoms with Crippen molar-refractivity contribution in [3.63, 3.8) is 0 Å². The molecule has 0 saturated heterocycles. The fourth-order valence-corrected chi connectivity index (χ4v) is 4.51. The number of fused-ring (bicyclic) bond motifs is 1. The molecule has 0 bridgehead atoms. The Morgan fingerprint density at radius 1 is 0.968 bits per heavy atom. The number of aryl methyl sites for hydroxylation is 3. The average Bonchev–Trinajstić information content (AvgIpc) is 2.75. The van der Waals surface area contributed by atoms with Gasteiger partial charge in [-0.05, 0) is 56.2 Å². The highest BCUT2D eigenvalue weighted by Gasteiger charge is 2.15. The van der Waals surface area contributed by atoms with Crippen molar-refractivity contribution in [3.8, 4) is 5.69 Å². The van der Waals surface area contributed by atoms with Crippen molar-refractivity contribution in [2.24, 2.45) is 0 Å². The Labute approximate surface area is 185 Å². The molecule has 0 radical (unpaired) electrons. The Hall–Kier alpha value is -3.38. The van der Waals surface area contributed by atoms with Crippen LogP contribution >= 0.6 is 11.8 Å². The molecule has 1 amide bonds. The van der Waals surface area contributed by atoms with Gasteiger partial charge in [-0.1, -0.05) is 59.8 Å². The fourth-order valence-electron chi connectivity index (χ4n) is 3.70. The minimum absolute atomic E-state index is 0.137. The normalized spacial score (nSPS) is 10.9. The molecule has 1 aromatic heterocycles. The third-order valence-electron chi connectivity index (χ3n) is 5.03. The molecule has 0 atom stereocenters. The van der Waals surface area contributed by atoms with E-state index < -0.39 is 0 Å². The van der Waals surface area contributed by atoms with Gasteiger partial charge in [-0.15, -0.1) is 0 Å². The van der Waals surface area contributed by atoms with E-state index >= 15 is 0 Å². The van der Waals surface area contributed by atoms with Crippen LogP contribution in [-0.4, -0.2) is 21.2 Å². The van der Waals surface area contributed by atoms with E-state index in [9.17, 15) is 9.59 Å². The van der Waals surface area contributed by atoms with Gasteiger partial charge < -0.3 is 5.32 Å². The van der Waals surface area contributed by atoms with Gasteiger partial charge in [-0.2, -0.15) is 0 Å². The van der Waals surface area contributed by atoms with Crippen LogP contribution in [0.2, 0.25) is 0 Å². The molecule has 31 heavy (non-hydrogen) atoms. The first-order valence-corrected chi connectivity index (χ1v) is 11.0. The van der Waals surface area contributed by atoms with E-state index in [0.29, 0.717) is 16.1 Å². The lowest BCUT2D eigenvalue weighted by molar-refractivity contribution is -0.113. The molecule has 1 heterocycles. The molecular weight excluding hydrogens is 406 g/mol. The average molecular weight is 430 g/mol. The maximum Gasteiger partial charge on any atom is 0.266 e. The molecule has 0 unspecified atom stereocenters. The van der Waals surface area contributed by atoms with Gasteiger partial charge in [0, 0.05) is 5.69 Å². The van der Waals surface area contributed by atoms with Crippen LogP contribution in [0.5, 0.6) is 0 Å². The fraction of sp³-hybridized carbons (Fsp3) is 0.160. The smallest absolute Gasteiger partial charge is 0.266 e. The van der Waals surface area contributed by atoms with Crippen molar-refractivity contribution in [2.75, 3.05) is 11.1 Å². The van der Waals surface area contributed by atoms with Gasteiger partial charge >= 0.3 is 0 Å². The molecule has 6 heteroatoms. The molecule has 1 N–H and O–H groups in total. The number of nitrogens with zero attached hydrogens (tertiary/aromatic N) is 2. The summed E-state index contributed by atoms with van der Waals surface area (Å²) in [6.45, 7) is 6.01. The summed E-state index contributed by atoms with van der Waals surface area (Å²) in [5.41, 5.74) is 5.25. The molecule has 0 spiro atoms. The standard InChI is InChI=1S/C25H23N3O2S/c1-16-13-17(2)23(18(3)14-16)27-22(29)15-31-25-26-21-12-8-7-11-20(21)24(30)28(25)19-9-5-4-6-10-19/h4-14H,15H2,1-3H3,(H,27,29). The summed E-state index contributed by atoms with van der Waals surface area (Å²) in [4.78, 5) is 30.6. The van der Waals surface area contributed by atoms with Crippen LogP contribution in [0.3, 0.4) is 0 Å². The number of aromatic nitrogens is 2. The highest BCUT2D eigenvalue weighted by Crippen LogP contribution is 2.24. The summed E-state index contributed by atoms with van der Waals surface area (Å²) in [6.07, 6.45) is 0.